The van der Waals surface area contributed by atoms with E-state index in [2.05, 4.69) is 23.9 Å². The van der Waals surface area contributed by atoms with Crippen LogP contribution in [0, 0.1) is 0 Å². The van der Waals surface area contributed by atoms with Crippen LogP contribution in [0.3, 0.4) is 0 Å². The third-order valence-electron chi connectivity index (χ3n) is 0.190. The van der Waals surface area contributed by atoms with E-state index in [1.54, 1.807) is 0 Å². The molecular formula is C4H10O8S2. The molecule has 0 saturated carbocycles. The van der Waals surface area contributed by atoms with E-state index in [-0.39, 0.29) is 0 Å². The third-order valence-corrected chi connectivity index (χ3v) is 0.569. The van der Waals surface area contributed by atoms with E-state index in [1.807, 2.05) is 0 Å². The zero-order chi connectivity index (χ0) is 12.4. The lowest BCUT2D eigenvalue weighted by molar-refractivity contribution is 0.356. The molecule has 0 aromatic heterocycles. The van der Waals surface area contributed by atoms with E-state index < -0.39 is 20.8 Å². The molecule has 0 fully saturated rings. The fourth-order valence-corrected chi connectivity index (χ4v) is 0.258. The molecule has 3 N–H and O–H groups in total. The lowest BCUT2D eigenvalue weighted by atomic mass is 11.2. The maximum atomic E-state index is 9.49. The summed E-state index contributed by atoms with van der Waals surface area (Å²) in [5.41, 5.74) is 0. The van der Waals surface area contributed by atoms with Gasteiger partial charge in [0, 0.05) is 0 Å². The van der Waals surface area contributed by atoms with Gasteiger partial charge in [-0.15, -0.1) is 13.2 Å². The molecule has 0 aliphatic rings. The topological polar surface area (TPSA) is 138 Å². The normalized spacial score (nSPS) is 9.64. The molecule has 0 spiro atoms. The maximum Gasteiger partial charge on any atom is 0.445 e. The predicted molar refractivity (Wildman–Crippen MR) is 48.3 cm³/mol. The summed E-state index contributed by atoms with van der Waals surface area (Å²) in [7, 11) is -8.96. The van der Waals surface area contributed by atoms with Gasteiger partial charge in [-0.05, 0) is 0 Å². The SMILES string of the molecule is C=C.C=COS(=O)(=O)O.O=S(=O)(O)O. The highest BCUT2D eigenvalue weighted by Gasteiger charge is 1.96. The first-order valence-corrected chi connectivity index (χ1v) is 5.29. The van der Waals surface area contributed by atoms with Crippen molar-refractivity contribution in [3.8, 4) is 0 Å². The van der Waals surface area contributed by atoms with Crippen LogP contribution in [-0.4, -0.2) is 30.5 Å². The van der Waals surface area contributed by atoms with Gasteiger partial charge in [0.2, 0.25) is 0 Å². The van der Waals surface area contributed by atoms with E-state index in [4.69, 9.17) is 22.1 Å². The van der Waals surface area contributed by atoms with E-state index >= 15 is 0 Å². The molecule has 0 aromatic carbocycles. The first kappa shape index (κ1) is 18.8. The van der Waals surface area contributed by atoms with Crippen LogP contribution in [0.4, 0.5) is 0 Å². The molecule has 0 heterocycles. The summed E-state index contributed by atoms with van der Waals surface area (Å²) >= 11 is 0. The summed E-state index contributed by atoms with van der Waals surface area (Å²) in [5.74, 6) is 0. The van der Waals surface area contributed by atoms with Crippen LogP contribution in [0.25, 0.3) is 0 Å². The molecule has 0 amide bonds. The van der Waals surface area contributed by atoms with Gasteiger partial charge in [-0.25, -0.2) is 0 Å². The van der Waals surface area contributed by atoms with Crippen molar-refractivity contribution in [1.82, 2.24) is 0 Å². The molecule has 0 saturated heterocycles. The summed E-state index contributed by atoms with van der Waals surface area (Å²) in [6.07, 6.45) is 0.620. The Kier molecular flexibility index (Phi) is 11.6. The molecule has 0 unspecified atom stereocenters. The molecule has 86 valence electrons. The van der Waals surface area contributed by atoms with Crippen molar-refractivity contribution in [3.63, 3.8) is 0 Å². The van der Waals surface area contributed by atoms with Crippen molar-refractivity contribution < 1.29 is 34.7 Å². The molecule has 0 aliphatic carbocycles. The van der Waals surface area contributed by atoms with Crippen molar-refractivity contribution in [2.24, 2.45) is 0 Å². The van der Waals surface area contributed by atoms with Crippen LogP contribution >= 0.6 is 0 Å². The van der Waals surface area contributed by atoms with Gasteiger partial charge in [-0.3, -0.25) is 13.7 Å². The van der Waals surface area contributed by atoms with Crippen molar-refractivity contribution in [1.29, 1.82) is 0 Å². The Balaban J connectivity index is -0.000000152. The average molecular weight is 250 g/mol. The summed E-state index contributed by atoms with van der Waals surface area (Å²) in [6.45, 7) is 8.88. The Labute approximate surface area is 82.0 Å². The van der Waals surface area contributed by atoms with E-state index in [9.17, 15) is 8.42 Å². The zero-order valence-electron chi connectivity index (χ0n) is 6.90. The zero-order valence-corrected chi connectivity index (χ0v) is 8.53. The summed E-state index contributed by atoms with van der Waals surface area (Å²) in [4.78, 5) is 0. The molecular weight excluding hydrogens is 240 g/mol. The minimum absolute atomic E-state index is 0.620. The molecule has 10 heteroatoms. The van der Waals surface area contributed by atoms with Crippen LogP contribution in [0.15, 0.2) is 26.0 Å². The number of hydrogen-bond acceptors (Lipinski definition) is 5. The largest absolute Gasteiger partial charge is 0.445 e. The van der Waals surface area contributed by atoms with Crippen molar-refractivity contribution >= 4 is 20.8 Å². The fourth-order valence-electron chi connectivity index (χ4n) is 0.0860. The van der Waals surface area contributed by atoms with Crippen molar-refractivity contribution in [2.45, 2.75) is 0 Å². The van der Waals surface area contributed by atoms with Crippen LogP contribution in [0.5, 0.6) is 0 Å². The number of hydrogen-bond donors (Lipinski definition) is 3. The molecule has 0 atom stereocenters. The molecule has 8 nitrogen and oxygen atoms in total. The monoisotopic (exact) mass is 250 g/mol. The van der Waals surface area contributed by atoms with Crippen molar-refractivity contribution in [2.75, 3.05) is 0 Å². The smallest absolute Gasteiger partial charge is 0.370 e. The van der Waals surface area contributed by atoms with Gasteiger partial charge in [-0.2, -0.15) is 16.8 Å². The Morgan fingerprint density at radius 1 is 1.00 bits per heavy atom. The number of rotatable bonds is 2. The highest BCUT2D eigenvalue weighted by atomic mass is 32.3. The Morgan fingerprint density at radius 2 is 1.21 bits per heavy atom. The van der Waals surface area contributed by atoms with Gasteiger partial charge in [0.15, 0.2) is 0 Å². The lowest BCUT2D eigenvalue weighted by Gasteiger charge is -1.86. The van der Waals surface area contributed by atoms with Gasteiger partial charge in [0.05, 0.1) is 0 Å². The second kappa shape index (κ2) is 8.65. The molecule has 0 aromatic rings. The van der Waals surface area contributed by atoms with Crippen LogP contribution in [0.1, 0.15) is 0 Å². The molecule has 0 aliphatic heterocycles. The minimum Gasteiger partial charge on any atom is -0.370 e. The fraction of sp³-hybridized carbons (Fsp3) is 0. The molecule has 0 radical (unpaired) electrons. The Bertz CT molecular complexity index is 316. The Morgan fingerprint density at radius 3 is 1.21 bits per heavy atom. The Hall–Kier alpha value is -0.940. The van der Waals surface area contributed by atoms with Crippen LogP contribution in [-0.2, 0) is 25.0 Å². The van der Waals surface area contributed by atoms with E-state index in [1.165, 1.54) is 0 Å². The molecule has 0 bridgehead atoms. The molecule has 0 rings (SSSR count). The highest BCUT2D eigenvalue weighted by Crippen LogP contribution is 1.82. The predicted octanol–water partition coefficient (Wildman–Crippen LogP) is 0.0987. The van der Waals surface area contributed by atoms with E-state index in [0.29, 0.717) is 6.26 Å². The highest BCUT2D eigenvalue weighted by molar-refractivity contribution is 7.81. The van der Waals surface area contributed by atoms with Gasteiger partial charge < -0.3 is 4.18 Å². The molecule has 14 heavy (non-hydrogen) atoms. The quantitative estimate of drug-likeness (QED) is 0.356. The maximum absolute atomic E-state index is 9.49. The van der Waals surface area contributed by atoms with E-state index in [0.717, 1.165) is 0 Å². The second-order valence-electron chi connectivity index (χ2n) is 1.14. The third kappa shape index (κ3) is 120. The van der Waals surface area contributed by atoms with Gasteiger partial charge in [-0.1, -0.05) is 6.58 Å². The van der Waals surface area contributed by atoms with Crippen LogP contribution in [0.2, 0.25) is 0 Å². The lowest BCUT2D eigenvalue weighted by Crippen LogP contribution is -1.96. The average Bonchev–Trinajstić information content (AvgIpc) is 1.85. The second-order valence-corrected chi connectivity index (χ2v) is 3.08. The van der Waals surface area contributed by atoms with Crippen LogP contribution < -0.4 is 0 Å². The van der Waals surface area contributed by atoms with Gasteiger partial charge in [0.25, 0.3) is 0 Å². The van der Waals surface area contributed by atoms with Gasteiger partial charge >= 0.3 is 20.8 Å². The van der Waals surface area contributed by atoms with Gasteiger partial charge in [0.1, 0.15) is 6.26 Å². The first-order chi connectivity index (χ1) is 6.06. The standard InChI is InChI=1S/C2H4O4S.C2H4.H2O4S/c1-2-6-7(3,4)5;1-2;1-5(2,3)4/h2H,1H2,(H,3,4,5);1-2H2;(H2,1,2,3,4). The van der Waals surface area contributed by atoms with Crippen molar-refractivity contribution in [3.05, 3.63) is 26.0 Å². The minimum atomic E-state index is -4.67. The summed E-state index contributed by atoms with van der Waals surface area (Å²) in [6, 6.07) is 0. The summed E-state index contributed by atoms with van der Waals surface area (Å²) in [5, 5.41) is 0. The first-order valence-electron chi connectivity index (χ1n) is 2.53. The summed E-state index contributed by atoms with van der Waals surface area (Å²) < 4.78 is 61.8.